The lowest BCUT2D eigenvalue weighted by atomic mass is 9.99. The van der Waals surface area contributed by atoms with Crippen LogP contribution in [-0.2, 0) is 27.0 Å². The van der Waals surface area contributed by atoms with Crippen molar-refractivity contribution in [3.8, 4) is 0 Å². The van der Waals surface area contributed by atoms with Gasteiger partial charge in [0.05, 0.1) is 11.7 Å². The number of amides is 1. The third-order valence-corrected chi connectivity index (χ3v) is 8.75. The molecule has 1 aliphatic rings. The Balaban J connectivity index is 1.37. The number of piperidine rings is 1. The second-order valence-corrected chi connectivity index (χ2v) is 11.7. The summed E-state index contributed by atoms with van der Waals surface area (Å²) in [5.74, 6) is 1.45. The predicted octanol–water partition coefficient (Wildman–Crippen LogP) is 4.36. The van der Waals surface area contributed by atoms with Crippen LogP contribution in [-0.4, -0.2) is 49.8 Å². The van der Waals surface area contributed by atoms with E-state index < -0.39 is 10.0 Å². The molecule has 8 heteroatoms. The lowest BCUT2D eigenvalue weighted by Crippen LogP contribution is -2.46. The van der Waals surface area contributed by atoms with Gasteiger partial charge in [0.1, 0.15) is 0 Å². The molecule has 0 radical (unpaired) electrons. The average Bonchev–Trinajstić information content (AvgIpc) is 2.79. The fourth-order valence-electron chi connectivity index (χ4n) is 3.85. The molecule has 0 aliphatic carbocycles. The third kappa shape index (κ3) is 8.10. The summed E-state index contributed by atoms with van der Waals surface area (Å²) in [4.78, 5) is 12.6. The molecular weight excluding hydrogens is 464 g/mol. The van der Waals surface area contributed by atoms with E-state index in [0.29, 0.717) is 19.5 Å². The topological polar surface area (TPSA) is 66.5 Å². The van der Waals surface area contributed by atoms with Gasteiger partial charge in [-0.2, -0.15) is 11.8 Å². The van der Waals surface area contributed by atoms with Gasteiger partial charge < -0.3 is 5.32 Å². The summed E-state index contributed by atoms with van der Waals surface area (Å²) in [6, 6.07) is 17.7. The van der Waals surface area contributed by atoms with Crippen LogP contribution >= 0.6 is 23.4 Å². The maximum absolute atomic E-state index is 12.8. The molecule has 0 saturated carbocycles. The van der Waals surface area contributed by atoms with E-state index in [1.807, 2.05) is 54.6 Å². The average molecular weight is 495 g/mol. The van der Waals surface area contributed by atoms with Crippen LogP contribution < -0.4 is 5.32 Å². The van der Waals surface area contributed by atoms with Crippen LogP contribution in [0.3, 0.4) is 0 Å². The van der Waals surface area contributed by atoms with Crippen LogP contribution in [0, 0.1) is 5.92 Å². The number of carbonyl (C=O) groups excluding carboxylic acids is 1. The molecular formula is C24H31ClN2O3S2. The zero-order chi connectivity index (χ0) is 22.8. The summed E-state index contributed by atoms with van der Waals surface area (Å²) in [5.41, 5.74) is 2.31. The minimum absolute atomic E-state index is 0.0439. The van der Waals surface area contributed by atoms with Gasteiger partial charge in [-0.25, -0.2) is 12.7 Å². The Hall–Kier alpha value is -1.54. The van der Waals surface area contributed by atoms with Crippen molar-refractivity contribution in [1.82, 2.24) is 9.62 Å². The van der Waals surface area contributed by atoms with Gasteiger partial charge in [0, 0.05) is 36.2 Å². The van der Waals surface area contributed by atoms with Gasteiger partial charge in [0.2, 0.25) is 15.9 Å². The zero-order valence-corrected chi connectivity index (χ0v) is 20.6. The summed E-state index contributed by atoms with van der Waals surface area (Å²) in [5, 5.41) is 3.71. The molecule has 0 aromatic heterocycles. The highest BCUT2D eigenvalue weighted by molar-refractivity contribution is 7.98. The number of benzene rings is 2. The summed E-state index contributed by atoms with van der Waals surface area (Å²) in [7, 11) is -3.34. The Labute approximate surface area is 201 Å². The van der Waals surface area contributed by atoms with Crippen LogP contribution in [0.2, 0.25) is 5.02 Å². The second kappa shape index (κ2) is 12.6. The van der Waals surface area contributed by atoms with Crippen molar-refractivity contribution in [3.63, 3.8) is 0 Å². The van der Waals surface area contributed by atoms with Crippen molar-refractivity contribution in [1.29, 1.82) is 0 Å². The van der Waals surface area contributed by atoms with Crippen molar-refractivity contribution in [2.24, 2.45) is 5.92 Å². The molecule has 1 heterocycles. The van der Waals surface area contributed by atoms with Crippen molar-refractivity contribution in [3.05, 3.63) is 70.7 Å². The summed E-state index contributed by atoms with van der Waals surface area (Å²) in [6.07, 6.45) is 2.78. The Kier molecular flexibility index (Phi) is 9.91. The number of halogens is 1. The van der Waals surface area contributed by atoms with Crippen LogP contribution in [0.5, 0.6) is 0 Å². The molecule has 1 N–H and O–H groups in total. The largest absolute Gasteiger partial charge is 0.355 e. The SMILES string of the molecule is O=C(NCCSCc1cccc(Cl)c1)C1CCCN(S(=O)(=O)CCCc2ccccc2)C1. The Morgan fingerprint density at radius 3 is 2.69 bits per heavy atom. The van der Waals surface area contributed by atoms with Crippen LogP contribution in [0.15, 0.2) is 54.6 Å². The number of nitrogens with zero attached hydrogens (tertiary/aromatic N) is 1. The smallest absolute Gasteiger partial charge is 0.224 e. The molecule has 2 aromatic carbocycles. The molecule has 1 fully saturated rings. The van der Waals surface area contributed by atoms with Gasteiger partial charge in [0.25, 0.3) is 0 Å². The molecule has 0 bridgehead atoms. The van der Waals surface area contributed by atoms with E-state index in [1.165, 1.54) is 4.31 Å². The molecule has 0 spiro atoms. The number of aryl methyl sites for hydroxylation is 1. The highest BCUT2D eigenvalue weighted by Crippen LogP contribution is 2.21. The highest BCUT2D eigenvalue weighted by Gasteiger charge is 2.31. The van der Waals surface area contributed by atoms with Gasteiger partial charge in [0.15, 0.2) is 0 Å². The summed E-state index contributed by atoms with van der Waals surface area (Å²) >= 11 is 7.74. The van der Waals surface area contributed by atoms with E-state index in [1.54, 1.807) is 11.8 Å². The van der Waals surface area contributed by atoms with E-state index in [4.69, 9.17) is 11.6 Å². The van der Waals surface area contributed by atoms with Gasteiger partial charge in [-0.15, -0.1) is 0 Å². The zero-order valence-electron chi connectivity index (χ0n) is 18.2. The first kappa shape index (κ1) is 25.1. The van der Waals surface area contributed by atoms with Crippen molar-refractivity contribution < 1.29 is 13.2 Å². The molecule has 1 saturated heterocycles. The molecule has 1 aliphatic heterocycles. The van der Waals surface area contributed by atoms with Gasteiger partial charge in [-0.3, -0.25) is 4.79 Å². The number of hydrogen-bond donors (Lipinski definition) is 1. The first-order valence-electron chi connectivity index (χ1n) is 11.1. The fourth-order valence-corrected chi connectivity index (χ4v) is 6.45. The monoisotopic (exact) mass is 494 g/mol. The number of rotatable bonds is 11. The number of sulfonamides is 1. The Bertz CT molecular complexity index is 970. The van der Waals surface area contributed by atoms with Crippen LogP contribution in [0.4, 0.5) is 0 Å². The maximum atomic E-state index is 12.8. The van der Waals surface area contributed by atoms with E-state index in [-0.39, 0.29) is 24.1 Å². The van der Waals surface area contributed by atoms with E-state index in [9.17, 15) is 13.2 Å². The molecule has 1 unspecified atom stereocenters. The van der Waals surface area contributed by atoms with Crippen molar-refractivity contribution >= 4 is 39.3 Å². The quantitative estimate of drug-likeness (QED) is 0.471. The normalized spacial score (nSPS) is 17.2. The highest BCUT2D eigenvalue weighted by atomic mass is 35.5. The van der Waals surface area contributed by atoms with Crippen LogP contribution in [0.1, 0.15) is 30.4 Å². The minimum atomic E-state index is -3.34. The molecule has 32 heavy (non-hydrogen) atoms. The molecule has 1 atom stereocenters. The number of thioether (sulfide) groups is 1. The first-order valence-corrected chi connectivity index (χ1v) is 14.2. The number of hydrogen-bond acceptors (Lipinski definition) is 4. The molecule has 3 rings (SSSR count). The fraction of sp³-hybridized carbons (Fsp3) is 0.458. The standard InChI is InChI=1S/C24H31ClN2O3S2/c25-23-12-4-9-21(17-23)19-31-15-13-26-24(28)22-11-5-14-27(18-22)32(29,30)16-6-10-20-7-2-1-3-8-20/h1-4,7-9,12,17,22H,5-6,10-11,13-16,18-19H2,(H,26,28). The molecule has 1 amide bonds. The lowest BCUT2D eigenvalue weighted by Gasteiger charge is -2.31. The summed E-state index contributed by atoms with van der Waals surface area (Å²) in [6.45, 7) is 1.37. The van der Waals surface area contributed by atoms with Crippen molar-refractivity contribution in [2.45, 2.75) is 31.4 Å². The third-order valence-electron chi connectivity index (χ3n) is 5.56. The number of carbonyl (C=O) groups is 1. The van der Waals surface area contributed by atoms with Crippen molar-refractivity contribution in [2.75, 3.05) is 31.1 Å². The second-order valence-electron chi connectivity index (χ2n) is 8.08. The molecule has 2 aromatic rings. The summed E-state index contributed by atoms with van der Waals surface area (Å²) < 4.78 is 27.1. The van der Waals surface area contributed by atoms with E-state index in [0.717, 1.165) is 46.9 Å². The van der Waals surface area contributed by atoms with E-state index in [2.05, 4.69) is 5.32 Å². The van der Waals surface area contributed by atoms with Gasteiger partial charge >= 0.3 is 0 Å². The minimum Gasteiger partial charge on any atom is -0.355 e. The van der Waals surface area contributed by atoms with Gasteiger partial charge in [-0.1, -0.05) is 54.1 Å². The van der Waals surface area contributed by atoms with E-state index >= 15 is 0 Å². The van der Waals surface area contributed by atoms with Crippen LogP contribution in [0.25, 0.3) is 0 Å². The maximum Gasteiger partial charge on any atom is 0.224 e. The molecule has 5 nitrogen and oxygen atoms in total. The number of nitrogens with one attached hydrogen (secondary N) is 1. The lowest BCUT2D eigenvalue weighted by molar-refractivity contribution is -0.125. The Morgan fingerprint density at radius 1 is 1.12 bits per heavy atom. The predicted molar refractivity (Wildman–Crippen MR) is 133 cm³/mol. The first-order chi connectivity index (χ1) is 15.4. The van der Waals surface area contributed by atoms with Gasteiger partial charge in [-0.05, 0) is 48.9 Å². The molecule has 174 valence electrons. The Morgan fingerprint density at radius 2 is 1.91 bits per heavy atom.